The fraction of sp³-hybridized carbons (Fsp3) is 0.267. The smallest absolute Gasteiger partial charge is 0.187 e. The SMILES string of the molecule is CC(C)NC1=CCC(=O)c2nc3ccccc3nc21. The molecular weight excluding hydrogens is 238 g/mol. The Labute approximate surface area is 111 Å². The van der Waals surface area contributed by atoms with E-state index in [0.717, 1.165) is 16.7 Å². The maximum atomic E-state index is 12.0. The average molecular weight is 253 g/mol. The first-order chi connectivity index (χ1) is 9.15. The van der Waals surface area contributed by atoms with Crippen molar-refractivity contribution < 1.29 is 4.79 Å². The zero-order valence-electron chi connectivity index (χ0n) is 11.0. The van der Waals surface area contributed by atoms with E-state index in [9.17, 15) is 4.79 Å². The standard InChI is InChI=1S/C15H15N3O/c1-9(2)16-12-7-8-13(19)15-14(12)17-10-5-3-4-6-11(10)18-15/h3-7,9,16H,8H2,1-2H3. The molecule has 1 aliphatic rings. The quantitative estimate of drug-likeness (QED) is 0.893. The summed E-state index contributed by atoms with van der Waals surface area (Å²) < 4.78 is 0. The third-order valence-electron chi connectivity index (χ3n) is 3.03. The van der Waals surface area contributed by atoms with Gasteiger partial charge in [-0.3, -0.25) is 4.79 Å². The summed E-state index contributed by atoms with van der Waals surface area (Å²) in [5, 5.41) is 3.33. The van der Waals surface area contributed by atoms with Crippen LogP contribution >= 0.6 is 0 Å². The summed E-state index contributed by atoms with van der Waals surface area (Å²) in [4.78, 5) is 21.0. The molecule has 0 unspecified atom stereocenters. The number of rotatable bonds is 2. The molecule has 0 amide bonds. The Morgan fingerprint density at radius 1 is 1.11 bits per heavy atom. The molecule has 0 fully saturated rings. The minimum absolute atomic E-state index is 0.0301. The summed E-state index contributed by atoms with van der Waals surface area (Å²) in [6.45, 7) is 4.12. The maximum Gasteiger partial charge on any atom is 0.187 e. The van der Waals surface area contributed by atoms with E-state index in [4.69, 9.17) is 0 Å². The molecule has 0 atom stereocenters. The Kier molecular flexibility index (Phi) is 2.78. The summed E-state index contributed by atoms with van der Waals surface area (Å²) in [7, 11) is 0. The van der Waals surface area contributed by atoms with E-state index >= 15 is 0 Å². The molecule has 0 radical (unpaired) electrons. The van der Waals surface area contributed by atoms with Crippen LogP contribution in [0.15, 0.2) is 30.3 Å². The molecule has 0 bridgehead atoms. The molecule has 1 aliphatic carbocycles. The lowest BCUT2D eigenvalue weighted by Gasteiger charge is -2.19. The van der Waals surface area contributed by atoms with Gasteiger partial charge in [-0.25, -0.2) is 9.97 Å². The highest BCUT2D eigenvalue weighted by atomic mass is 16.1. The van der Waals surface area contributed by atoms with Crippen LogP contribution in [0.1, 0.15) is 36.5 Å². The largest absolute Gasteiger partial charge is 0.381 e. The Morgan fingerprint density at radius 3 is 2.37 bits per heavy atom. The van der Waals surface area contributed by atoms with Gasteiger partial charge in [0.25, 0.3) is 0 Å². The van der Waals surface area contributed by atoms with E-state index in [1.165, 1.54) is 0 Å². The molecule has 0 saturated carbocycles. The normalized spacial score (nSPS) is 14.5. The Hall–Kier alpha value is -2.23. The predicted molar refractivity (Wildman–Crippen MR) is 74.7 cm³/mol. The fourth-order valence-corrected chi connectivity index (χ4v) is 2.21. The maximum absolute atomic E-state index is 12.0. The molecule has 19 heavy (non-hydrogen) atoms. The average Bonchev–Trinajstić information content (AvgIpc) is 2.40. The Morgan fingerprint density at radius 2 is 1.74 bits per heavy atom. The molecule has 1 N–H and O–H groups in total. The van der Waals surface area contributed by atoms with Gasteiger partial charge in [0.2, 0.25) is 0 Å². The van der Waals surface area contributed by atoms with Crippen LogP contribution < -0.4 is 5.32 Å². The van der Waals surface area contributed by atoms with Crippen molar-refractivity contribution in [3.8, 4) is 0 Å². The van der Waals surface area contributed by atoms with Crippen molar-refractivity contribution in [1.82, 2.24) is 15.3 Å². The van der Waals surface area contributed by atoms with Gasteiger partial charge in [-0.1, -0.05) is 18.2 Å². The molecule has 0 saturated heterocycles. The molecule has 1 heterocycles. The number of carbonyl (C=O) groups is 1. The second-order valence-electron chi connectivity index (χ2n) is 4.95. The highest BCUT2D eigenvalue weighted by Crippen LogP contribution is 2.24. The number of nitrogens with one attached hydrogen (secondary N) is 1. The number of fused-ring (bicyclic) bond motifs is 2. The van der Waals surface area contributed by atoms with E-state index in [0.29, 0.717) is 23.9 Å². The summed E-state index contributed by atoms with van der Waals surface area (Å²) in [5.74, 6) is 0.0301. The summed E-state index contributed by atoms with van der Waals surface area (Å²) >= 11 is 0. The number of nitrogens with zero attached hydrogens (tertiary/aromatic N) is 2. The highest BCUT2D eigenvalue weighted by molar-refractivity contribution is 6.03. The number of benzene rings is 1. The first kappa shape index (κ1) is 11.8. The van der Waals surface area contributed by atoms with E-state index in [1.54, 1.807) is 0 Å². The number of Topliss-reactive ketones (excluding diaryl/α,β-unsaturated/α-hetero) is 1. The van der Waals surface area contributed by atoms with Crippen molar-refractivity contribution >= 4 is 22.5 Å². The van der Waals surface area contributed by atoms with Gasteiger partial charge in [-0.15, -0.1) is 0 Å². The number of carbonyl (C=O) groups excluding carboxylic acids is 1. The predicted octanol–water partition coefficient (Wildman–Crippen LogP) is 2.56. The Balaban J connectivity index is 2.19. The van der Waals surface area contributed by atoms with Gasteiger partial charge in [0.05, 0.1) is 16.7 Å². The zero-order valence-corrected chi connectivity index (χ0v) is 11.0. The molecular formula is C15H15N3O. The monoisotopic (exact) mass is 253 g/mol. The molecule has 2 aromatic rings. The second-order valence-corrected chi connectivity index (χ2v) is 4.95. The van der Waals surface area contributed by atoms with E-state index in [2.05, 4.69) is 29.1 Å². The third-order valence-corrected chi connectivity index (χ3v) is 3.03. The van der Waals surface area contributed by atoms with E-state index in [1.807, 2.05) is 30.3 Å². The van der Waals surface area contributed by atoms with Crippen molar-refractivity contribution in [1.29, 1.82) is 0 Å². The van der Waals surface area contributed by atoms with Gasteiger partial charge in [-0.2, -0.15) is 0 Å². The molecule has 96 valence electrons. The summed E-state index contributed by atoms with van der Waals surface area (Å²) in [6, 6.07) is 7.91. The topological polar surface area (TPSA) is 54.9 Å². The molecule has 0 spiro atoms. The van der Waals surface area contributed by atoms with Crippen molar-refractivity contribution in [3.63, 3.8) is 0 Å². The van der Waals surface area contributed by atoms with Gasteiger partial charge in [-0.05, 0) is 26.0 Å². The molecule has 4 nitrogen and oxygen atoms in total. The molecule has 1 aromatic carbocycles. The summed E-state index contributed by atoms with van der Waals surface area (Å²) in [5.41, 5.74) is 3.63. The lowest BCUT2D eigenvalue weighted by molar-refractivity contribution is 0.0989. The highest BCUT2D eigenvalue weighted by Gasteiger charge is 2.23. The van der Waals surface area contributed by atoms with Crippen molar-refractivity contribution in [2.24, 2.45) is 0 Å². The van der Waals surface area contributed by atoms with Crippen LogP contribution in [-0.4, -0.2) is 21.8 Å². The molecule has 3 rings (SSSR count). The van der Waals surface area contributed by atoms with E-state index in [-0.39, 0.29) is 5.78 Å². The van der Waals surface area contributed by atoms with Gasteiger partial charge in [0.15, 0.2) is 5.78 Å². The van der Waals surface area contributed by atoms with Crippen LogP contribution in [-0.2, 0) is 0 Å². The number of hydrogen-bond donors (Lipinski definition) is 1. The van der Waals surface area contributed by atoms with Crippen molar-refractivity contribution in [2.45, 2.75) is 26.3 Å². The van der Waals surface area contributed by atoms with Crippen LogP contribution in [0.25, 0.3) is 16.7 Å². The second kappa shape index (κ2) is 4.46. The minimum atomic E-state index is 0.0301. The first-order valence-corrected chi connectivity index (χ1v) is 6.42. The summed E-state index contributed by atoms with van der Waals surface area (Å²) in [6.07, 6.45) is 2.28. The number of aromatic nitrogens is 2. The van der Waals surface area contributed by atoms with Crippen molar-refractivity contribution in [3.05, 3.63) is 41.7 Å². The molecule has 4 heteroatoms. The van der Waals surface area contributed by atoms with Gasteiger partial charge < -0.3 is 5.32 Å². The zero-order chi connectivity index (χ0) is 13.4. The lowest BCUT2D eigenvalue weighted by Crippen LogP contribution is -2.26. The van der Waals surface area contributed by atoms with Gasteiger partial charge >= 0.3 is 0 Å². The number of ketones is 1. The number of hydrogen-bond acceptors (Lipinski definition) is 4. The van der Waals surface area contributed by atoms with E-state index < -0.39 is 0 Å². The molecule has 0 aliphatic heterocycles. The minimum Gasteiger partial charge on any atom is -0.381 e. The van der Waals surface area contributed by atoms with Crippen LogP contribution in [0.5, 0.6) is 0 Å². The third kappa shape index (κ3) is 2.10. The Bertz CT molecular complexity index is 689. The van der Waals surface area contributed by atoms with Crippen LogP contribution in [0.2, 0.25) is 0 Å². The fourth-order valence-electron chi connectivity index (χ4n) is 2.21. The number of allylic oxidation sites excluding steroid dienone is 1. The van der Waals surface area contributed by atoms with Crippen LogP contribution in [0, 0.1) is 0 Å². The first-order valence-electron chi connectivity index (χ1n) is 6.42. The van der Waals surface area contributed by atoms with Crippen LogP contribution in [0.3, 0.4) is 0 Å². The molecule has 1 aromatic heterocycles. The van der Waals surface area contributed by atoms with Gasteiger partial charge in [0.1, 0.15) is 11.4 Å². The number of para-hydroxylation sites is 2. The van der Waals surface area contributed by atoms with Crippen molar-refractivity contribution in [2.75, 3.05) is 0 Å². The van der Waals surface area contributed by atoms with Gasteiger partial charge in [0, 0.05) is 12.5 Å². The van der Waals surface area contributed by atoms with Crippen LogP contribution in [0.4, 0.5) is 0 Å². The lowest BCUT2D eigenvalue weighted by atomic mass is 10.0.